The number of ether oxygens (including phenoxy) is 2. The second-order valence-electron chi connectivity index (χ2n) is 5.98. The third-order valence-electron chi connectivity index (χ3n) is 4.06. The quantitative estimate of drug-likeness (QED) is 0.639. The molecule has 146 valence electrons. The molecule has 29 heavy (non-hydrogen) atoms. The van der Waals surface area contributed by atoms with E-state index in [1.165, 1.54) is 6.33 Å². The molecule has 3 rings (SSSR count). The zero-order valence-corrected chi connectivity index (χ0v) is 16.0. The Morgan fingerprint density at radius 1 is 1.07 bits per heavy atom. The predicted molar refractivity (Wildman–Crippen MR) is 107 cm³/mol. The van der Waals surface area contributed by atoms with Crippen LogP contribution < -0.4 is 20.1 Å². The highest BCUT2D eigenvalue weighted by Crippen LogP contribution is 2.27. The topological polar surface area (TPSA) is 109 Å². The number of carbonyl (C=O) groups is 1. The van der Waals surface area contributed by atoms with E-state index in [-0.39, 0.29) is 11.6 Å². The number of aromatic nitrogens is 2. The van der Waals surface area contributed by atoms with Crippen molar-refractivity contribution in [2.45, 2.75) is 6.54 Å². The van der Waals surface area contributed by atoms with E-state index in [4.69, 9.17) is 14.7 Å². The van der Waals surface area contributed by atoms with E-state index in [2.05, 4.69) is 26.7 Å². The van der Waals surface area contributed by atoms with Gasteiger partial charge in [0.05, 0.1) is 25.9 Å². The lowest BCUT2D eigenvalue weighted by Gasteiger charge is -2.11. The van der Waals surface area contributed by atoms with Crippen LogP contribution in [0.4, 0.5) is 11.5 Å². The van der Waals surface area contributed by atoms with E-state index < -0.39 is 0 Å². The van der Waals surface area contributed by atoms with Crippen LogP contribution in [0.15, 0.2) is 54.9 Å². The first-order valence-electron chi connectivity index (χ1n) is 8.71. The number of hydrogen-bond donors (Lipinski definition) is 2. The molecule has 0 atom stereocenters. The lowest BCUT2D eigenvalue weighted by atomic mass is 10.2. The van der Waals surface area contributed by atoms with Gasteiger partial charge in [-0.3, -0.25) is 4.79 Å². The summed E-state index contributed by atoms with van der Waals surface area (Å²) in [5, 5.41) is 14.9. The molecule has 0 unspecified atom stereocenters. The molecule has 0 fully saturated rings. The summed E-state index contributed by atoms with van der Waals surface area (Å²) in [5.74, 6) is 1.32. The van der Waals surface area contributed by atoms with Gasteiger partial charge in [0.2, 0.25) is 0 Å². The molecule has 1 heterocycles. The number of rotatable bonds is 7. The standard InChI is InChI=1S/C21H19N5O3/c1-28-18-7-6-15(9-19(18)29-2)12-23-21(27)17-10-20(25-13-24-17)26-16-5-3-4-14(8-16)11-22/h3-10,13H,12H2,1-2H3,(H,23,27)(H,24,25,26). The second kappa shape index (κ2) is 9.19. The van der Waals surface area contributed by atoms with Gasteiger partial charge in [-0.05, 0) is 35.9 Å². The summed E-state index contributed by atoms with van der Waals surface area (Å²) in [5.41, 5.74) is 2.30. The normalized spacial score (nSPS) is 9.97. The summed E-state index contributed by atoms with van der Waals surface area (Å²) < 4.78 is 10.5. The van der Waals surface area contributed by atoms with Crippen molar-refractivity contribution < 1.29 is 14.3 Å². The Balaban J connectivity index is 1.67. The summed E-state index contributed by atoms with van der Waals surface area (Å²) >= 11 is 0. The van der Waals surface area contributed by atoms with Gasteiger partial charge >= 0.3 is 0 Å². The Kier molecular flexibility index (Phi) is 6.22. The monoisotopic (exact) mass is 389 g/mol. The molecular weight excluding hydrogens is 370 g/mol. The van der Waals surface area contributed by atoms with Crippen LogP contribution in [0.25, 0.3) is 0 Å². The van der Waals surface area contributed by atoms with Crippen LogP contribution in [0.2, 0.25) is 0 Å². The second-order valence-corrected chi connectivity index (χ2v) is 5.98. The van der Waals surface area contributed by atoms with Crippen LogP contribution in [0, 0.1) is 11.3 Å². The minimum absolute atomic E-state index is 0.222. The average molecular weight is 389 g/mol. The number of carbonyl (C=O) groups excluding carboxylic acids is 1. The molecular formula is C21H19N5O3. The largest absolute Gasteiger partial charge is 0.493 e. The summed E-state index contributed by atoms with van der Waals surface area (Å²) in [7, 11) is 3.12. The maximum atomic E-state index is 12.5. The number of nitrogens with one attached hydrogen (secondary N) is 2. The molecule has 3 aromatic rings. The number of hydrogen-bond acceptors (Lipinski definition) is 7. The highest BCUT2D eigenvalue weighted by atomic mass is 16.5. The summed E-state index contributed by atoms with van der Waals surface area (Å²) in [4.78, 5) is 20.6. The molecule has 0 saturated heterocycles. The van der Waals surface area contributed by atoms with Gasteiger partial charge in [-0.1, -0.05) is 12.1 Å². The van der Waals surface area contributed by atoms with Crippen molar-refractivity contribution in [3.63, 3.8) is 0 Å². The average Bonchev–Trinajstić information content (AvgIpc) is 2.77. The van der Waals surface area contributed by atoms with Crippen LogP contribution in [-0.4, -0.2) is 30.1 Å². The number of anilines is 2. The zero-order chi connectivity index (χ0) is 20.6. The maximum absolute atomic E-state index is 12.5. The summed E-state index contributed by atoms with van der Waals surface area (Å²) in [6.07, 6.45) is 1.31. The molecule has 1 amide bonds. The fourth-order valence-electron chi connectivity index (χ4n) is 2.63. The molecule has 1 aromatic heterocycles. The highest BCUT2D eigenvalue weighted by Gasteiger charge is 2.10. The van der Waals surface area contributed by atoms with Crippen molar-refractivity contribution in [1.29, 1.82) is 5.26 Å². The van der Waals surface area contributed by atoms with E-state index in [0.717, 1.165) is 5.56 Å². The van der Waals surface area contributed by atoms with Gasteiger partial charge in [-0.2, -0.15) is 5.26 Å². The Labute approximate surface area is 168 Å². The third-order valence-corrected chi connectivity index (χ3v) is 4.06. The predicted octanol–water partition coefficient (Wildman–Crippen LogP) is 3.04. The van der Waals surface area contributed by atoms with Gasteiger partial charge in [-0.25, -0.2) is 9.97 Å². The molecule has 2 N–H and O–H groups in total. The van der Waals surface area contributed by atoms with Crippen LogP contribution in [0.5, 0.6) is 11.5 Å². The minimum atomic E-state index is -0.337. The van der Waals surface area contributed by atoms with Crippen molar-refractivity contribution in [3.05, 3.63) is 71.7 Å². The van der Waals surface area contributed by atoms with Crippen molar-refractivity contribution in [2.24, 2.45) is 0 Å². The molecule has 0 bridgehead atoms. The number of amides is 1. The first-order chi connectivity index (χ1) is 14.1. The molecule has 0 saturated carbocycles. The number of methoxy groups -OCH3 is 2. The maximum Gasteiger partial charge on any atom is 0.270 e. The first-order valence-corrected chi connectivity index (χ1v) is 8.71. The van der Waals surface area contributed by atoms with Gasteiger partial charge in [0, 0.05) is 18.3 Å². The fourth-order valence-corrected chi connectivity index (χ4v) is 2.63. The Bertz CT molecular complexity index is 1060. The third kappa shape index (κ3) is 4.99. The summed E-state index contributed by atoms with van der Waals surface area (Å²) in [6, 6.07) is 16.0. The number of nitrogens with zero attached hydrogens (tertiary/aromatic N) is 3. The molecule has 2 aromatic carbocycles. The Morgan fingerprint density at radius 2 is 1.90 bits per heavy atom. The van der Waals surface area contributed by atoms with Crippen molar-refractivity contribution in [2.75, 3.05) is 19.5 Å². The highest BCUT2D eigenvalue weighted by molar-refractivity contribution is 5.92. The molecule has 8 nitrogen and oxygen atoms in total. The van der Waals surface area contributed by atoms with E-state index in [9.17, 15) is 4.79 Å². The van der Waals surface area contributed by atoms with Crippen LogP contribution >= 0.6 is 0 Å². The Hall–Kier alpha value is -4.12. The van der Waals surface area contributed by atoms with E-state index in [0.29, 0.717) is 35.1 Å². The lowest BCUT2D eigenvalue weighted by Crippen LogP contribution is -2.24. The van der Waals surface area contributed by atoms with Crippen LogP contribution in [-0.2, 0) is 6.54 Å². The van der Waals surface area contributed by atoms with E-state index >= 15 is 0 Å². The van der Waals surface area contributed by atoms with E-state index in [1.54, 1.807) is 56.7 Å². The fraction of sp³-hybridized carbons (Fsp3) is 0.143. The molecule has 0 aliphatic carbocycles. The zero-order valence-electron chi connectivity index (χ0n) is 16.0. The SMILES string of the molecule is COc1ccc(CNC(=O)c2cc(Nc3cccc(C#N)c3)ncn2)cc1OC. The molecule has 0 spiro atoms. The van der Waals surface area contributed by atoms with Gasteiger partial charge in [0.1, 0.15) is 17.8 Å². The summed E-state index contributed by atoms with van der Waals surface area (Å²) in [6.45, 7) is 0.302. The molecule has 0 aliphatic heterocycles. The van der Waals surface area contributed by atoms with Gasteiger partial charge < -0.3 is 20.1 Å². The number of nitriles is 1. The van der Waals surface area contributed by atoms with Crippen molar-refractivity contribution in [3.8, 4) is 17.6 Å². The van der Waals surface area contributed by atoms with Gasteiger partial charge in [-0.15, -0.1) is 0 Å². The van der Waals surface area contributed by atoms with Crippen LogP contribution in [0.3, 0.4) is 0 Å². The molecule has 0 radical (unpaired) electrons. The molecule has 0 aliphatic rings. The molecule has 8 heteroatoms. The lowest BCUT2D eigenvalue weighted by molar-refractivity contribution is 0.0945. The van der Waals surface area contributed by atoms with Crippen molar-refractivity contribution in [1.82, 2.24) is 15.3 Å². The van der Waals surface area contributed by atoms with Crippen molar-refractivity contribution >= 4 is 17.4 Å². The number of benzene rings is 2. The first kappa shape index (κ1) is 19.6. The smallest absolute Gasteiger partial charge is 0.270 e. The van der Waals surface area contributed by atoms with Crippen LogP contribution in [0.1, 0.15) is 21.6 Å². The Morgan fingerprint density at radius 3 is 2.66 bits per heavy atom. The van der Waals surface area contributed by atoms with Gasteiger partial charge in [0.25, 0.3) is 5.91 Å². The minimum Gasteiger partial charge on any atom is -0.493 e. The van der Waals surface area contributed by atoms with Gasteiger partial charge in [0.15, 0.2) is 11.5 Å². The van der Waals surface area contributed by atoms with E-state index in [1.807, 2.05) is 6.07 Å².